The molecule has 2 aliphatic carbocycles. The number of fused-ring (bicyclic) bond motifs is 9. The third-order valence-corrected chi connectivity index (χ3v) is 13.6. The van der Waals surface area contributed by atoms with Crippen LogP contribution in [0.3, 0.4) is 0 Å². The zero-order valence-corrected chi connectivity index (χ0v) is 29.2. The molecule has 3 fully saturated rings. The molecule has 2 N–H and O–H groups in total. The number of rotatable bonds is 6. The van der Waals surface area contributed by atoms with Crippen molar-refractivity contribution in [2.24, 2.45) is 29.6 Å². The van der Waals surface area contributed by atoms with Crippen LogP contribution in [0.5, 0.6) is 5.75 Å². The van der Waals surface area contributed by atoms with Gasteiger partial charge in [-0.25, -0.2) is 0 Å². The number of hydrogen-bond donors (Lipinski definition) is 2. The molecule has 50 heavy (non-hydrogen) atoms. The van der Waals surface area contributed by atoms with Gasteiger partial charge in [0.05, 0.1) is 38.2 Å². The van der Waals surface area contributed by atoms with Gasteiger partial charge in [-0.3, -0.25) is 24.1 Å². The number of halogens is 6. The molecule has 1 saturated heterocycles. The molecule has 4 aromatic rings. The van der Waals surface area contributed by atoms with Gasteiger partial charge in [0.1, 0.15) is 5.75 Å². The number of aromatic amines is 1. The lowest BCUT2D eigenvalue weighted by molar-refractivity contribution is -0.137. The molecular weight excluding hydrogens is 758 g/mol. The monoisotopic (exact) mass is 779 g/mol. The lowest BCUT2D eigenvalue weighted by Gasteiger charge is -2.43. The summed E-state index contributed by atoms with van der Waals surface area (Å²) in [6.45, 7) is -0.379. The Labute approximate surface area is 305 Å². The van der Waals surface area contributed by atoms with Crippen LogP contribution < -0.4 is 19.8 Å². The Hall–Kier alpha value is -3.49. The lowest BCUT2D eigenvalue weighted by atomic mass is 9.68. The van der Waals surface area contributed by atoms with E-state index in [1.165, 1.54) is 30.0 Å². The van der Waals surface area contributed by atoms with Crippen LogP contribution >= 0.6 is 57.9 Å². The van der Waals surface area contributed by atoms with Crippen molar-refractivity contribution in [3.63, 3.8) is 0 Å². The summed E-state index contributed by atoms with van der Waals surface area (Å²) in [6.07, 6.45) is -4.09. The van der Waals surface area contributed by atoms with Crippen molar-refractivity contribution in [1.29, 1.82) is 0 Å². The van der Waals surface area contributed by atoms with E-state index < -0.39 is 47.2 Å². The van der Waals surface area contributed by atoms with Crippen LogP contribution in [-0.4, -0.2) is 34.6 Å². The van der Waals surface area contributed by atoms with Gasteiger partial charge in [0.2, 0.25) is 11.8 Å². The quantitative estimate of drug-likeness (QED) is 0.192. The van der Waals surface area contributed by atoms with Crippen molar-refractivity contribution >= 4 is 87.0 Å². The Morgan fingerprint density at radius 3 is 2.46 bits per heavy atom. The molecule has 2 aliphatic heterocycles. The van der Waals surface area contributed by atoms with Crippen molar-refractivity contribution in [1.82, 2.24) is 4.98 Å². The van der Waals surface area contributed by atoms with E-state index in [0.29, 0.717) is 38.5 Å². The molecule has 3 amide bonds. The number of nitrogens with zero attached hydrogens (tertiary/aromatic N) is 1. The summed E-state index contributed by atoms with van der Waals surface area (Å²) in [6, 6.07) is 13.9. The first-order chi connectivity index (χ1) is 23.8. The van der Waals surface area contributed by atoms with Gasteiger partial charge in [-0.2, -0.15) is 13.2 Å². The third kappa shape index (κ3) is 5.52. The molecule has 258 valence electrons. The summed E-state index contributed by atoms with van der Waals surface area (Å²) in [5, 5.41) is 4.14. The first kappa shape index (κ1) is 33.6. The normalized spacial score (nSPS) is 26.5. The topological polar surface area (TPSA) is 109 Å². The highest BCUT2D eigenvalue weighted by Gasteiger charge is 2.70. The van der Waals surface area contributed by atoms with Gasteiger partial charge >= 0.3 is 11.0 Å². The number of hydrogen-bond acceptors (Lipinski definition) is 7. The second kappa shape index (κ2) is 12.3. The molecule has 2 bridgehead atoms. The fourth-order valence-corrected chi connectivity index (χ4v) is 11.6. The van der Waals surface area contributed by atoms with Crippen LogP contribution in [0.1, 0.15) is 28.3 Å². The van der Waals surface area contributed by atoms with E-state index in [1.54, 1.807) is 30.3 Å². The fourth-order valence-electron chi connectivity index (χ4n) is 8.25. The molecular formula is C34H23Cl3F3N3O5S2. The summed E-state index contributed by atoms with van der Waals surface area (Å²) in [5.41, 5.74) is -0.0247. The molecule has 3 aromatic carbocycles. The highest BCUT2D eigenvalue weighted by atomic mass is 35.5. The predicted molar refractivity (Wildman–Crippen MR) is 184 cm³/mol. The maximum absolute atomic E-state index is 14.1. The summed E-state index contributed by atoms with van der Waals surface area (Å²) < 4.78 is 46.8. The van der Waals surface area contributed by atoms with E-state index >= 15 is 0 Å². The molecule has 16 heteroatoms. The van der Waals surface area contributed by atoms with E-state index in [2.05, 4.69) is 10.3 Å². The minimum Gasteiger partial charge on any atom is -0.483 e. The Bertz CT molecular complexity index is 2160. The third-order valence-electron chi connectivity index (χ3n) is 10.0. The van der Waals surface area contributed by atoms with Gasteiger partial charge in [0, 0.05) is 32.3 Å². The van der Waals surface area contributed by atoms with Crippen LogP contribution in [0.15, 0.2) is 70.5 Å². The summed E-state index contributed by atoms with van der Waals surface area (Å²) >= 11 is 21.1. The molecule has 6 unspecified atom stereocenters. The summed E-state index contributed by atoms with van der Waals surface area (Å²) in [7, 11) is 0. The maximum atomic E-state index is 14.1. The van der Waals surface area contributed by atoms with Crippen molar-refractivity contribution < 1.29 is 32.3 Å². The first-order valence-corrected chi connectivity index (χ1v) is 18.2. The van der Waals surface area contributed by atoms with Crippen LogP contribution in [0.4, 0.5) is 24.5 Å². The van der Waals surface area contributed by atoms with Gasteiger partial charge in [0.15, 0.2) is 6.61 Å². The Balaban J connectivity index is 1.13. The number of carbonyl (C=O) groups excluding carboxylic acids is 3. The zero-order valence-electron chi connectivity index (χ0n) is 25.3. The van der Waals surface area contributed by atoms with E-state index in [9.17, 15) is 32.3 Å². The number of imide groups is 1. The van der Waals surface area contributed by atoms with E-state index in [4.69, 9.17) is 39.5 Å². The van der Waals surface area contributed by atoms with E-state index in [0.717, 1.165) is 33.2 Å². The molecule has 1 aromatic heterocycles. The summed E-state index contributed by atoms with van der Waals surface area (Å²) in [4.78, 5) is 57.9. The van der Waals surface area contributed by atoms with Gasteiger partial charge in [-0.05, 0) is 78.8 Å². The maximum Gasteiger partial charge on any atom is 0.416 e. The SMILES string of the molecule is O=C(COc1ccc(Cl)cc1[C@H]1c2sc(=O)[nH]c2SC2C3CC(C4C(=O)N(c5cccc(C(F)(F)F)c5)C(=O)C34)C21)Nc1ccc(Cl)c(Cl)c1. The number of thiazole rings is 1. The number of thioether (sulfide) groups is 1. The highest BCUT2D eigenvalue weighted by Crippen LogP contribution is 2.69. The Morgan fingerprint density at radius 2 is 1.72 bits per heavy atom. The molecule has 8 nitrogen and oxygen atoms in total. The number of nitrogens with one attached hydrogen (secondary N) is 2. The van der Waals surface area contributed by atoms with Crippen molar-refractivity contribution in [3.8, 4) is 5.75 Å². The van der Waals surface area contributed by atoms with Gasteiger partial charge in [-0.15, -0.1) is 11.8 Å². The molecule has 4 aliphatic rings. The van der Waals surface area contributed by atoms with Crippen LogP contribution in [0.2, 0.25) is 15.1 Å². The second-order valence-electron chi connectivity index (χ2n) is 12.7. The van der Waals surface area contributed by atoms with Gasteiger partial charge in [0.25, 0.3) is 5.91 Å². The number of ether oxygens (including phenoxy) is 1. The Kier molecular flexibility index (Phi) is 8.30. The number of alkyl halides is 3. The minimum atomic E-state index is -4.65. The number of H-pyrrole nitrogens is 1. The van der Waals surface area contributed by atoms with Crippen LogP contribution in [0, 0.1) is 29.6 Å². The minimum absolute atomic E-state index is 0.107. The Morgan fingerprint density at radius 1 is 0.960 bits per heavy atom. The standard InChI is InChI=1S/C34H23Cl3F3N3O5S2/c35-14-4-7-22(48-12-23(44)41-15-5-6-20(36)21(37)10-15)17(9-14)24-25-18-11-19(28(25)49-30-29(24)50-33(47)42-30)27-26(18)31(45)43(32(27)46)16-3-1-2-13(8-16)34(38,39)40/h1-10,18-19,24-28H,11-12H2,(H,41,44)(H,42,47)/t18?,19?,24-,25?,26?,27?,28?/m1/s1. The number of aromatic nitrogens is 1. The predicted octanol–water partition coefficient (Wildman–Crippen LogP) is 8.11. The highest BCUT2D eigenvalue weighted by molar-refractivity contribution is 8.00. The number of anilines is 2. The van der Waals surface area contributed by atoms with Crippen LogP contribution in [0.25, 0.3) is 0 Å². The average molecular weight is 781 g/mol. The van der Waals surface area contributed by atoms with Crippen LogP contribution in [-0.2, 0) is 20.6 Å². The van der Waals surface area contributed by atoms with Crippen molar-refractivity contribution in [2.45, 2.75) is 28.8 Å². The van der Waals surface area contributed by atoms with Crippen molar-refractivity contribution in [3.05, 3.63) is 101 Å². The molecule has 2 saturated carbocycles. The molecule has 0 radical (unpaired) electrons. The summed E-state index contributed by atoms with van der Waals surface area (Å²) in [5.74, 6) is -3.95. The largest absolute Gasteiger partial charge is 0.483 e. The molecule has 8 rings (SSSR count). The number of carbonyl (C=O) groups is 3. The second-order valence-corrected chi connectivity index (χ2v) is 16.1. The first-order valence-electron chi connectivity index (χ1n) is 15.4. The smallest absolute Gasteiger partial charge is 0.416 e. The van der Waals surface area contributed by atoms with Crippen molar-refractivity contribution in [2.75, 3.05) is 16.8 Å². The average Bonchev–Trinajstić information content (AvgIpc) is 3.80. The number of benzene rings is 3. The molecule has 3 heterocycles. The van der Waals surface area contributed by atoms with Gasteiger partial charge in [-0.1, -0.05) is 52.2 Å². The number of amides is 3. The molecule has 0 spiro atoms. The molecule has 7 atom stereocenters. The van der Waals surface area contributed by atoms with E-state index in [1.807, 2.05) is 0 Å². The zero-order chi connectivity index (χ0) is 35.2. The van der Waals surface area contributed by atoms with E-state index in [-0.39, 0.29) is 45.2 Å². The fraction of sp³-hybridized carbons (Fsp3) is 0.294. The van der Waals surface area contributed by atoms with Gasteiger partial charge < -0.3 is 15.0 Å². The lowest BCUT2D eigenvalue weighted by Crippen LogP contribution is -2.42.